The van der Waals surface area contributed by atoms with Gasteiger partial charge in [0.25, 0.3) is 5.91 Å². The van der Waals surface area contributed by atoms with Gasteiger partial charge in [-0.15, -0.1) is 0 Å². The molecule has 0 saturated heterocycles. The van der Waals surface area contributed by atoms with Crippen molar-refractivity contribution in [3.63, 3.8) is 0 Å². The van der Waals surface area contributed by atoms with E-state index in [1.54, 1.807) is 31.2 Å². The van der Waals surface area contributed by atoms with Crippen molar-refractivity contribution in [3.05, 3.63) is 29.8 Å². The summed E-state index contributed by atoms with van der Waals surface area (Å²) in [5.41, 5.74) is 0.854. The first-order valence-corrected chi connectivity index (χ1v) is 8.44. The highest BCUT2D eigenvalue weighted by molar-refractivity contribution is 7.92. The van der Waals surface area contributed by atoms with Gasteiger partial charge in [0.1, 0.15) is 0 Å². The number of amides is 1. The second kappa shape index (κ2) is 7.28. The minimum Gasteiger partial charge on any atom is -0.350 e. The molecule has 20 heavy (non-hydrogen) atoms. The molecular formula is C14H22N2O3S. The van der Waals surface area contributed by atoms with Crippen molar-refractivity contribution in [1.82, 2.24) is 5.32 Å². The van der Waals surface area contributed by atoms with Crippen LogP contribution in [0, 0.1) is 0 Å². The zero-order valence-corrected chi connectivity index (χ0v) is 13.0. The number of carbonyl (C=O) groups is 1. The lowest BCUT2D eigenvalue weighted by atomic mass is 10.1. The molecule has 1 rings (SSSR count). The molecule has 0 aliphatic rings. The van der Waals surface area contributed by atoms with Gasteiger partial charge in [-0.05, 0) is 38.5 Å². The van der Waals surface area contributed by atoms with E-state index in [9.17, 15) is 13.2 Å². The number of sulfonamides is 1. The lowest BCUT2D eigenvalue weighted by Gasteiger charge is -2.13. The van der Waals surface area contributed by atoms with Crippen LogP contribution in [0.15, 0.2) is 24.3 Å². The van der Waals surface area contributed by atoms with Gasteiger partial charge in [0.2, 0.25) is 10.0 Å². The summed E-state index contributed by atoms with van der Waals surface area (Å²) in [6, 6.07) is 6.59. The van der Waals surface area contributed by atoms with Gasteiger partial charge in [-0.3, -0.25) is 9.52 Å². The number of hydrogen-bond donors (Lipinski definition) is 2. The predicted octanol–water partition coefficient (Wildman–Crippen LogP) is 2.37. The summed E-state index contributed by atoms with van der Waals surface area (Å²) in [5.74, 6) is -0.194. The SMILES string of the molecule is CCC[C@@H](C)NC(=O)c1cccc(NS(=O)(=O)CC)c1. The average molecular weight is 298 g/mol. The van der Waals surface area contributed by atoms with Crippen molar-refractivity contribution in [3.8, 4) is 0 Å². The molecule has 0 spiro atoms. The van der Waals surface area contributed by atoms with E-state index >= 15 is 0 Å². The Labute approximate surface area is 120 Å². The van der Waals surface area contributed by atoms with E-state index in [4.69, 9.17) is 0 Å². The average Bonchev–Trinajstić information content (AvgIpc) is 2.38. The summed E-state index contributed by atoms with van der Waals surface area (Å²) in [5, 5.41) is 2.88. The summed E-state index contributed by atoms with van der Waals surface area (Å²) in [4.78, 5) is 12.0. The molecule has 2 N–H and O–H groups in total. The second-order valence-electron chi connectivity index (χ2n) is 4.75. The van der Waals surface area contributed by atoms with Gasteiger partial charge in [0.15, 0.2) is 0 Å². The lowest BCUT2D eigenvalue weighted by molar-refractivity contribution is 0.0938. The van der Waals surface area contributed by atoms with Crippen LogP contribution in [0.1, 0.15) is 44.0 Å². The maximum atomic E-state index is 12.0. The van der Waals surface area contributed by atoms with E-state index in [-0.39, 0.29) is 17.7 Å². The fourth-order valence-electron chi connectivity index (χ4n) is 1.79. The molecule has 0 aliphatic heterocycles. The molecule has 1 atom stereocenters. The fraction of sp³-hybridized carbons (Fsp3) is 0.500. The minimum atomic E-state index is -3.33. The number of carbonyl (C=O) groups excluding carboxylic acids is 1. The first-order valence-electron chi connectivity index (χ1n) is 6.79. The Kier molecular flexibility index (Phi) is 6.01. The van der Waals surface area contributed by atoms with Crippen LogP contribution >= 0.6 is 0 Å². The zero-order valence-electron chi connectivity index (χ0n) is 12.1. The summed E-state index contributed by atoms with van der Waals surface area (Å²) in [6.07, 6.45) is 1.91. The van der Waals surface area contributed by atoms with Gasteiger partial charge >= 0.3 is 0 Å². The van der Waals surface area contributed by atoms with Gasteiger partial charge in [0.05, 0.1) is 5.75 Å². The first kappa shape index (κ1) is 16.5. The third kappa shape index (κ3) is 5.21. The van der Waals surface area contributed by atoms with Crippen molar-refractivity contribution in [2.75, 3.05) is 10.5 Å². The minimum absolute atomic E-state index is 0.00302. The lowest BCUT2D eigenvalue weighted by Crippen LogP contribution is -2.32. The summed E-state index contributed by atoms with van der Waals surface area (Å²) >= 11 is 0. The van der Waals surface area contributed by atoms with Crippen molar-refractivity contribution >= 4 is 21.6 Å². The Balaban J connectivity index is 2.80. The number of rotatable bonds is 7. The Bertz CT molecular complexity index is 555. The molecule has 5 nitrogen and oxygen atoms in total. The molecule has 0 bridgehead atoms. The molecule has 0 unspecified atom stereocenters. The highest BCUT2D eigenvalue weighted by Crippen LogP contribution is 2.13. The molecule has 6 heteroatoms. The second-order valence-corrected chi connectivity index (χ2v) is 6.76. The van der Waals surface area contributed by atoms with Crippen LogP contribution < -0.4 is 10.0 Å². The van der Waals surface area contributed by atoms with E-state index in [1.165, 1.54) is 0 Å². The van der Waals surface area contributed by atoms with E-state index in [0.717, 1.165) is 12.8 Å². The molecule has 0 aromatic heterocycles. The van der Waals surface area contributed by atoms with Crippen molar-refractivity contribution in [2.24, 2.45) is 0 Å². The molecule has 1 amide bonds. The molecule has 1 aromatic rings. The van der Waals surface area contributed by atoms with Crippen molar-refractivity contribution < 1.29 is 13.2 Å². The van der Waals surface area contributed by atoms with Crippen LogP contribution in [-0.2, 0) is 10.0 Å². The maximum absolute atomic E-state index is 12.0. The first-order chi connectivity index (χ1) is 9.38. The third-order valence-electron chi connectivity index (χ3n) is 2.88. The van der Waals surface area contributed by atoms with Gasteiger partial charge in [-0.2, -0.15) is 0 Å². The standard InChI is InChI=1S/C14H22N2O3S/c1-4-7-11(3)15-14(17)12-8-6-9-13(10-12)16-20(18,19)5-2/h6,8-11,16H,4-5,7H2,1-3H3,(H,15,17)/t11-/m1/s1. The Morgan fingerprint density at radius 3 is 2.60 bits per heavy atom. The summed E-state index contributed by atoms with van der Waals surface area (Å²) < 4.78 is 25.4. The summed E-state index contributed by atoms with van der Waals surface area (Å²) in [6.45, 7) is 5.57. The molecule has 0 saturated carbocycles. The topological polar surface area (TPSA) is 75.3 Å². The Hall–Kier alpha value is -1.56. The van der Waals surface area contributed by atoms with Crippen molar-refractivity contribution in [1.29, 1.82) is 0 Å². The number of hydrogen-bond acceptors (Lipinski definition) is 3. The normalized spacial score (nSPS) is 12.8. The zero-order chi connectivity index (χ0) is 15.2. The third-order valence-corrected chi connectivity index (χ3v) is 4.18. The number of benzene rings is 1. The van der Waals surface area contributed by atoms with Crippen LogP contribution in [0.5, 0.6) is 0 Å². The molecular weight excluding hydrogens is 276 g/mol. The van der Waals surface area contributed by atoms with Crippen LogP contribution in [0.4, 0.5) is 5.69 Å². The van der Waals surface area contributed by atoms with Crippen LogP contribution in [0.3, 0.4) is 0 Å². The molecule has 0 fully saturated rings. The van der Waals surface area contributed by atoms with E-state index in [1.807, 2.05) is 6.92 Å². The highest BCUT2D eigenvalue weighted by Gasteiger charge is 2.11. The van der Waals surface area contributed by atoms with E-state index in [0.29, 0.717) is 11.3 Å². The van der Waals surface area contributed by atoms with Gasteiger partial charge in [-0.1, -0.05) is 19.4 Å². The molecule has 112 valence electrons. The van der Waals surface area contributed by atoms with Crippen LogP contribution in [0.2, 0.25) is 0 Å². The highest BCUT2D eigenvalue weighted by atomic mass is 32.2. The van der Waals surface area contributed by atoms with Gasteiger partial charge in [0, 0.05) is 17.3 Å². The Morgan fingerprint density at radius 1 is 1.30 bits per heavy atom. The largest absolute Gasteiger partial charge is 0.350 e. The van der Waals surface area contributed by atoms with Crippen LogP contribution in [0.25, 0.3) is 0 Å². The molecule has 0 aliphatic carbocycles. The fourth-order valence-corrected chi connectivity index (χ4v) is 2.42. The Morgan fingerprint density at radius 2 is 2.00 bits per heavy atom. The number of nitrogens with one attached hydrogen (secondary N) is 2. The van der Waals surface area contributed by atoms with Crippen LogP contribution in [-0.4, -0.2) is 26.1 Å². The van der Waals surface area contributed by atoms with E-state index in [2.05, 4.69) is 17.0 Å². The smallest absolute Gasteiger partial charge is 0.251 e. The van der Waals surface area contributed by atoms with Crippen molar-refractivity contribution in [2.45, 2.75) is 39.7 Å². The van der Waals surface area contributed by atoms with Gasteiger partial charge < -0.3 is 5.32 Å². The maximum Gasteiger partial charge on any atom is 0.251 e. The summed E-state index contributed by atoms with van der Waals surface area (Å²) in [7, 11) is -3.33. The number of anilines is 1. The van der Waals surface area contributed by atoms with Gasteiger partial charge in [-0.25, -0.2) is 8.42 Å². The van der Waals surface area contributed by atoms with E-state index < -0.39 is 10.0 Å². The predicted molar refractivity (Wildman–Crippen MR) is 81.4 cm³/mol. The molecule has 0 heterocycles. The molecule has 1 aromatic carbocycles. The quantitative estimate of drug-likeness (QED) is 0.811. The molecule has 0 radical (unpaired) electrons. The monoisotopic (exact) mass is 298 g/mol.